The summed E-state index contributed by atoms with van der Waals surface area (Å²) in [4.78, 5) is 0. The molecule has 0 amide bonds. The van der Waals surface area contributed by atoms with Gasteiger partial charge in [0.15, 0.2) is 11.6 Å². The molecule has 100 valence electrons. The zero-order valence-corrected chi connectivity index (χ0v) is 12.3. The average molecular weight is 345 g/mol. The summed E-state index contributed by atoms with van der Waals surface area (Å²) in [6, 6.07) is 11.7. The highest BCUT2D eigenvalue weighted by Crippen LogP contribution is 2.28. The summed E-state index contributed by atoms with van der Waals surface area (Å²) in [5.74, 6) is -0.270. The number of hydrogen-bond donors (Lipinski definition) is 1. The number of benzene rings is 2. The van der Waals surface area contributed by atoms with Gasteiger partial charge in [0.05, 0.1) is 0 Å². The SMILES string of the molecule is NCC(Oc1cc(Br)ccc1F)c1cccc(Cl)c1. The van der Waals surface area contributed by atoms with Crippen molar-refractivity contribution in [2.45, 2.75) is 6.10 Å². The highest BCUT2D eigenvalue weighted by Gasteiger charge is 2.14. The van der Waals surface area contributed by atoms with Gasteiger partial charge in [0.1, 0.15) is 6.10 Å². The van der Waals surface area contributed by atoms with Crippen LogP contribution < -0.4 is 10.5 Å². The first-order valence-electron chi connectivity index (χ1n) is 5.67. The monoisotopic (exact) mass is 343 g/mol. The van der Waals surface area contributed by atoms with E-state index in [1.807, 2.05) is 6.07 Å². The third kappa shape index (κ3) is 3.69. The van der Waals surface area contributed by atoms with Crippen LogP contribution in [0, 0.1) is 5.82 Å². The molecule has 2 N–H and O–H groups in total. The predicted molar refractivity (Wildman–Crippen MR) is 78.0 cm³/mol. The van der Waals surface area contributed by atoms with E-state index < -0.39 is 11.9 Å². The molecule has 0 radical (unpaired) electrons. The molecule has 1 atom stereocenters. The summed E-state index contributed by atoms with van der Waals surface area (Å²) in [5, 5.41) is 0.592. The summed E-state index contributed by atoms with van der Waals surface area (Å²) in [7, 11) is 0. The summed E-state index contributed by atoms with van der Waals surface area (Å²) in [6.07, 6.45) is -0.442. The Morgan fingerprint density at radius 3 is 2.74 bits per heavy atom. The van der Waals surface area contributed by atoms with Crippen molar-refractivity contribution in [3.05, 3.63) is 63.3 Å². The first-order valence-corrected chi connectivity index (χ1v) is 6.84. The molecule has 0 aliphatic rings. The third-order valence-corrected chi connectivity index (χ3v) is 3.33. The fraction of sp³-hybridized carbons (Fsp3) is 0.143. The first-order chi connectivity index (χ1) is 9.10. The molecule has 2 nitrogen and oxygen atoms in total. The Bertz CT molecular complexity index is 579. The van der Waals surface area contributed by atoms with Gasteiger partial charge in [-0.1, -0.05) is 39.7 Å². The lowest BCUT2D eigenvalue weighted by Gasteiger charge is -2.18. The van der Waals surface area contributed by atoms with Crippen LogP contribution in [0.2, 0.25) is 5.02 Å². The largest absolute Gasteiger partial charge is 0.481 e. The molecule has 0 aromatic heterocycles. The maximum absolute atomic E-state index is 13.6. The molecule has 0 spiro atoms. The molecular weight excluding hydrogens is 333 g/mol. The fourth-order valence-corrected chi connectivity index (χ4v) is 2.22. The van der Waals surface area contributed by atoms with E-state index in [9.17, 15) is 4.39 Å². The highest BCUT2D eigenvalue weighted by molar-refractivity contribution is 9.10. The Morgan fingerprint density at radius 2 is 2.05 bits per heavy atom. The number of rotatable bonds is 4. The van der Waals surface area contributed by atoms with Crippen LogP contribution in [0.4, 0.5) is 4.39 Å². The molecule has 5 heteroatoms. The van der Waals surface area contributed by atoms with Gasteiger partial charge in [-0.25, -0.2) is 4.39 Å². The van der Waals surface area contributed by atoms with E-state index >= 15 is 0 Å². The van der Waals surface area contributed by atoms with E-state index in [1.165, 1.54) is 6.07 Å². The Hall–Kier alpha value is -1.10. The predicted octanol–water partition coefficient (Wildman–Crippen LogP) is 4.32. The molecule has 19 heavy (non-hydrogen) atoms. The smallest absolute Gasteiger partial charge is 0.165 e. The van der Waals surface area contributed by atoms with Crippen molar-refractivity contribution < 1.29 is 9.13 Å². The van der Waals surface area contributed by atoms with Crippen LogP contribution in [0.5, 0.6) is 5.75 Å². The minimum atomic E-state index is -0.442. The minimum Gasteiger partial charge on any atom is -0.481 e. The molecule has 0 bridgehead atoms. The maximum atomic E-state index is 13.6. The van der Waals surface area contributed by atoms with E-state index in [-0.39, 0.29) is 12.3 Å². The molecule has 0 saturated carbocycles. The third-order valence-electron chi connectivity index (χ3n) is 2.60. The molecule has 2 aromatic rings. The molecule has 1 unspecified atom stereocenters. The second-order valence-electron chi connectivity index (χ2n) is 3.97. The fourth-order valence-electron chi connectivity index (χ4n) is 1.68. The first kappa shape index (κ1) is 14.3. The molecule has 2 aromatic carbocycles. The average Bonchev–Trinajstić information content (AvgIpc) is 2.39. The zero-order valence-electron chi connectivity index (χ0n) is 9.95. The Kier molecular flexibility index (Phi) is 4.80. The molecule has 0 aliphatic heterocycles. The maximum Gasteiger partial charge on any atom is 0.165 e. The Morgan fingerprint density at radius 1 is 1.26 bits per heavy atom. The molecule has 0 heterocycles. The van der Waals surface area contributed by atoms with Crippen molar-refractivity contribution in [2.24, 2.45) is 5.73 Å². The van der Waals surface area contributed by atoms with Gasteiger partial charge in [0.2, 0.25) is 0 Å². The molecule has 0 aliphatic carbocycles. The lowest BCUT2D eigenvalue weighted by atomic mass is 10.1. The van der Waals surface area contributed by atoms with Gasteiger partial charge in [-0.2, -0.15) is 0 Å². The van der Waals surface area contributed by atoms with Crippen molar-refractivity contribution in [1.29, 1.82) is 0 Å². The molecule has 2 rings (SSSR count). The van der Waals surface area contributed by atoms with Crippen molar-refractivity contribution in [3.8, 4) is 5.75 Å². The summed E-state index contributed by atoms with van der Waals surface area (Å²) in [5.41, 5.74) is 6.50. The van der Waals surface area contributed by atoms with Gasteiger partial charge in [-0.05, 0) is 35.9 Å². The van der Waals surface area contributed by atoms with E-state index in [0.29, 0.717) is 5.02 Å². The summed E-state index contributed by atoms with van der Waals surface area (Å²) >= 11 is 9.20. The molecular formula is C14H12BrClFNO. The lowest BCUT2D eigenvalue weighted by molar-refractivity contribution is 0.204. The van der Waals surface area contributed by atoms with E-state index in [2.05, 4.69) is 15.9 Å². The van der Waals surface area contributed by atoms with E-state index in [0.717, 1.165) is 10.0 Å². The second-order valence-corrected chi connectivity index (χ2v) is 5.32. The van der Waals surface area contributed by atoms with Crippen LogP contribution in [0.1, 0.15) is 11.7 Å². The number of halogens is 3. The quantitative estimate of drug-likeness (QED) is 0.896. The number of ether oxygens (including phenoxy) is 1. The number of nitrogens with two attached hydrogens (primary N) is 1. The van der Waals surface area contributed by atoms with Crippen LogP contribution in [0.15, 0.2) is 46.9 Å². The molecule has 0 fully saturated rings. The minimum absolute atomic E-state index is 0.157. The van der Waals surface area contributed by atoms with Crippen molar-refractivity contribution in [1.82, 2.24) is 0 Å². The van der Waals surface area contributed by atoms with Crippen LogP contribution in [-0.4, -0.2) is 6.54 Å². The van der Waals surface area contributed by atoms with Crippen LogP contribution in [0.25, 0.3) is 0 Å². The van der Waals surface area contributed by atoms with Gasteiger partial charge in [-0.3, -0.25) is 0 Å². The van der Waals surface area contributed by atoms with Crippen LogP contribution in [-0.2, 0) is 0 Å². The lowest BCUT2D eigenvalue weighted by Crippen LogP contribution is -2.18. The topological polar surface area (TPSA) is 35.2 Å². The van der Waals surface area contributed by atoms with Gasteiger partial charge in [-0.15, -0.1) is 0 Å². The Balaban J connectivity index is 2.26. The van der Waals surface area contributed by atoms with Gasteiger partial charge in [0.25, 0.3) is 0 Å². The van der Waals surface area contributed by atoms with Gasteiger partial charge >= 0.3 is 0 Å². The van der Waals surface area contributed by atoms with Crippen LogP contribution >= 0.6 is 27.5 Å². The van der Waals surface area contributed by atoms with E-state index in [4.69, 9.17) is 22.1 Å². The normalized spacial score (nSPS) is 12.2. The molecule has 0 saturated heterocycles. The summed E-state index contributed by atoms with van der Waals surface area (Å²) in [6.45, 7) is 0.228. The van der Waals surface area contributed by atoms with Gasteiger partial charge in [0, 0.05) is 16.0 Å². The second kappa shape index (κ2) is 6.37. The Labute approximate surface area is 124 Å². The van der Waals surface area contributed by atoms with E-state index in [1.54, 1.807) is 30.3 Å². The standard InChI is InChI=1S/C14H12BrClFNO/c15-10-4-5-12(17)13(7-10)19-14(8-18)9-2-1-3-11(16)6-9/h1-7,14H,8,18H2. The van der Waals surface area contributed by atoms with Crippen molar-refractivity contribution >= 4 is 27.5 Å². The van der Waals surface area contributed by atoms with Crippen LogP contribution in [0.3, 0.4) is 0 Å². The van der Waals surface area contributed by atoms with Crippen molar-refractivity contribution in [3.63, 3.8) is 0 Å². The van der Waals surface area contributed by atoms with Gasteiger partial charge < -0.3 is 10.5 Å². The summed E-state index contributed by atoms with van der Waals surface area (Å²) < 4.78 is 20.0. The van der Waals surface area contributed by atoms with Crippen molar-refractivity contribution in [2.75, 3.05) is 6.54 Å². The number of hydrogen-bond acceptors (Lipinski definition) is 2. The zero-order chi connectivity index (χ0) is 13.8. The highest BCUT2D eigenvalue weighted by atomic mass is 79.9.